The fraction of sp³-hybridized carbons (Fsp3) is 0.158. The van der Waals surface area contributed by atoms with Gasteiger partial charge in [0.05, 0.1) is 11.1 Å². The minimum Gasteiger partial charge on any atom is -0.406 e. The van der Waals surface area contributed by atoms with Crippen LogP contribution in [0.15, 0.2) is 53.0 Å². The van der Waals surface area contributed by atoms with Gasteiger partial charge in [-0.2, -0.15) is 0 Å². The first-order valence-electron chi connectivity index (χ1n) is 7.93. The molecule has 3 rings (SSSR count). The third kappa shape index (κ3) is 4.57. The predicted octanol–water partition coefficient (Wildman–Crippen LogP) is 5.05. The van der Waals surface area contributed by atoms with Crippen molar-refractivity contribution in [2.24, 2.45) is 0 Å². The van der Waals surface area contributed by atoms with Gasteiger partial charge in [-0.1, -0.05) is 40.2 Å². The lowest BCUT2D eigenvalue weighted by atomic mass is 10.1. The molecule has 8 heteroatoms. The zero-order chi connectivity index (χ0) is 19.6. The minimum absolute atomic E-state index is 0.183. The van der Waals surface area contributed by atoms with Crippen molar-refractivity contribution in [2.75, 3.05) is 6.54 Å². The lowest BCUT2D eigenvalue weighted by Crippen LogP contribution is -2.30. The summed E-state index contributed by atoms with van der Waals surface area (Å²) in [6.07, 6.45) is -1.12. The lowest BCUT2D eigenvalue weighted by molar-refractivity contribution is -0.274. The minimum atomic E-state index is -4.77. The van der Waals surface area contributed by atoms with Crippen LogP contribution in [0, 0.1) is 0 Å². The second-order valence-electron chi connectivity index (χ2n) is 5.77. The molecule has 27 heavy (non-hydrogen) atoms. The van der Waals surface area contributed by atoms with Crippen LogP contribution < -0.4 is 4.74 Å². The molecule has 2 aromatic rings. The maximum absolute atomic E-state index is 12.3. The van der Waals surface area contributed by atoms with Gasteiger partial charge in [-0.3, -0.25) is 14.5 Å². The van der Waals surface area contributed by atoms with Crippen LogP contribution in [0.3, 0.4) is 0 Å². The second kappa shape index (κ2) is 7.56. The molecular formula is C19H13BrF3NO3. The summed E-state index contributed by atoms with van der Waals surface area (Å²) in [6, 6.07) is 10.7. The second-order valence-corrected chi connectivity index (χ2v) is 6.68. The Morgan fingerprint density at radius 1 is 1.04 bits per heavy atom. The van der Waals surface area contributed by atoms with Gasteiger partial charge < -0.3 is 4.74 Å². The number of ether oxygens (including phenoxy) is 1. The number of halogens is 4. The Kier molecular flexibility index (Phi) is 5.36. The molecule has 0 saturated heterocycles. The Bertz CT molecular complexity index is 890. The Morgan fingerprint density at radius 2 is 1.67 bits per heavy atom. The number of imide groups is 1. The molecule has 1 aliphatic rings. The first kappa shape index (κ1) is 19.2. The highest BCUT2D eigenvalue weighted by Crippen LogP contribution is 2.28. The third-order valence-corrected chi connectivity index (χ3v) is 4.29. The molecule has 0 atom stereocenters. The monoisotopic (exact) mass is 439 g/mol. The first-order valence-corrected chi connectivity index (χ1v) is 8.72. The van der Waals surface area contributed by atoms with Crippen molar-refractivity contribution < 1.29 is 27.5 Å². The zero-order valence-electron chi connectivity index (χ0n) is 13.8. The van der Waals surface area contributed by atoms with Crippen molar-refractivity contribution in [2.45, 2.75) is 12.8 Å². The molecule has 0 unspecified atom stereocenters. The van der Waals surface area contributed by atoms with Crippen molar-refractivity contribution in [3.63, 3.8) is 0 Å². The normalized spacial score (nSPS) is 14.1. The van der Waals surface area contributed by atoms with Crippen molar-refractivity contribution >= 4 is 33.8 Å². The number of amides is 2. The Balaban J connectivity index is 1.64. The first-order chi connectivity index (χ1) is 12.7. The molecule has 0 bridgehead atoms. The largest absolute Gasteiger partial charge is 0.573 e. The third-order valence-electron chi connectivity index (χ3n) is 3.84. The van der Waals surface area contributed by atoms with Crippen LogP contribution in [0.5, 0.6) is 5.75 Å². The number of benzene rings is 2. The van der Waals surface area contributed by atoms with E-state index >= 15 is 0 Å². The van der Waals surface area contributed by atoms with Crippen LogP contribution in [-0.2, 0) is 0 Å². The number of nitrogens with zero attached hydrogens (tertiary/aromatic N) is 1. The molecule has 1 heterocycles. The molecule has 0 aliphatic carbocycles. The van der Waals surface area contributed by atoms with Crippen LogP contribution >= 0.6 is 15.9 Å². The van der Waals surface area contributed by atoms with E-state index in [4.69, 9.17) is 0 Å². The number of fused-ring (bicyclic) bond motifs is 1. The molecule has 0 N–H and O–H groups in total. The highest BCUT2D eigenvalue weighted by Gasteiger charge is 2.34. The van der Waals surface area contributed by atoms with Crippen LogP contribution in [0.2, 0.25) is 0 Å². The fourth-order valence-electron chi connectivity index (χ4n) is 2.74. The molecule has 2 amide bonds. The van der Waals surface area contributed by atoms with E-state index in [9.17, 15) is 22.8 Å². The number of carbonyl (C=O) groups excluding carboxylic acids is 2. The van der Waals surface area contributed by atoms with Gasteiger partial charge >= 0.3 is 6.36 Å². The molecule has 0 spiro atoms. The Labute approximate surface area is 161 Å². The molecule has 0 fully saturated rings. The lowest BCUT2D eigenvalue weighted by Gasteiger charge is -2.12. The van der Waals surface area contributed by atoms with Gasteiger partial charge in [-0.25, -0.2) is 0 Å². The van der Waals surface area contributed by atoms with E-state index in [2.05, 4.69) is 20.7 Å². The highest BCUT2D eigenvalue weighted by atomic mass is 79.9. The summed E-state index contributed by atoms with van der Waals surface area (Å²) in [6.45, 7) is 0.183. The smallest absolute Gasteiger partial charge is 0.406 e. The molecule has 0 aromatic heterocycles. The zero-order valence-corrected chi connectivity index (χ0v) is 15.4. The highest BCUT2D eigenvalue weighted by molar-refractivity contribution is 9.10. The summed E-state index contributed by atoms with van der Waals surface area (Å²) in [5.74, 6) is -1.02. The van der Waals surface area contributed by atoms with Gasteiger partial charge in [0.25, 0.3) is 11.8 Å². The number of hydrogen-bond acceptors (Lipinski definition) is 3. The molecule has 1 aliphatic heterocycles. The fourth-order valence-corrected chi connectivity index (χ4v) is 3.23. The Morgan fingerprint density at radius 3 is 2.26 bits per heavy atom. The summed E-state index contributed by atoms with van der Waals surface area (Å²) < 4.78 is 41.4. The molecule has 0 saturated carbocycles. The maximum atomic E-state index is 12.3. The number of hydrogen-bond donors (Lipinski definition) is 0. The van der Waals surface area contributed by atoms with Gasteiger partial charge in [0.1, 0.15) is 5.75 Å². The Hall–Kier alpha value is -2.61. The van der Waals surface area contributed by atoms with E-state index in [1.807, 2.05) is 0 Å². The van der Waals surface area contributed by atoms with Gasteiger partial charge in [0.15, 0.2) is 0 Å². The molecule has 140 valence electrons. The maximum Gasteiger partial charge on any atom is 0.573 e. The number of rotatable bonds is 5. The topological polar surface area (TPSA) is 46.6 Å². The van der Waals surface area contributed by atoms with Gasteiger partial charge in [-0.05, 0) is 42.3 Å². The molecule has 4 nitrogen and oxygen atoms in total. The summed E-state index contributed by atoms with van der Waals surface area (Å²) in [5, 5.41) is 0. The predicted molar refractivity (Wildman–Crippen MR) is 96.3 cm³/mol. The summed E-state index contributed by atoms with van der Waals surface area (Å²) in [7, 11) is 0. The number of alkyl halides is 3. The average Bonchev–Trinajstić information content (AvgIpc) is 2.81. The molecule has 0 radical (unpaired) electrons. The van der Waals surface area contributed by atoms with E-state index in [1.165, 1.54) is 12.1 Å². The van der Waals surface area contributed by atoms with Gasteiger partial charge in [-0.15, -0.1) is 13.2 Å². The molecular weight excluding hydrogens is 427 g/mol. The van der Waals surface area contributed by atoms with E-state index in [0.29, 0.717) is 27.6 Å². The van der Waals surface area contributed by atoms with E-state index in [0.717, 1.165) is 4.90 Å². The molecule has 2 aromatic carbocycles. The van der Waals surface area contributed by atoms with E-state index in [1.54, 1.807) is 42.5 Å². The van der Waals surface area contributed by atoms with Crippen molar-refractivity contribution in [1.29, 1.82) is 0 Å². The van der Waals surface area contributed by atoms with E-state index in [-0.39, 0.29) is 24.1 Å². The SMILES string of the molecule is O=C1c2ccccc2C(=O)N1CCC=Cc1cc(Br)cc(OC(F)(F)F)c1. The van der Waals surface area contributed by atoms with Crippen molar-refractivity contribution in [3.05, 3.63) is 69.7 Å². The van der Waals surface area contributed by atoms with Gasteiger partial charge in [0.2, 0.25) is 0 Å². The van der Waals surface area contributed by atoms with Crippen LogP contribution in [0.25, 0.3) is 6.08 Å². The number of carbonyl (C=O) groups is 2. The van der Waals surface area contributed by atoms with Crippen LogP contribution in [0.4, 0.5) is 13.2 Å². The summed E-state index contributed by atoms with van der Waals surface area (Å²) in [4.78, 5) is 25.7. The standard InChI is InChI=1S/C19H13BrF3NO3/c20-13-9-12(10-14(11-13)27-19(21,22)23)5-3-4-8-24-17(25)15-6-1-2-7-16(15)18(24)26/h1-3,5-7,9-11H,4,8H2. The van der Waals surface area contributed by atoms with Crippen LogP contribution in [0.1, 0.15) is 32.7 Å². The van der Waals surface area contributed by atoms with Crippen molar-refractivity contribution in [3.8, 4) is 5.75 Å². The van der Waals surface area contributed by atoms with E-state index < -0.39 is 6.36 Å². The van der Waals surface area contributed by atoms with Crippen molar-refractivity contribution in [1.82, 2.24) is 4.90 Å². The summed E-state index contributed by atoms with van der Waals surface area (Å²) >= 11 is 3.14. The van der Waals surface area contributed by atoms with Crippen LogP contribution in [-0.4, -0.2) is 29.6 Å². The van der Waals surface area contributed by atoms with Gasteiger partial charge in [0, 0.05) is 11.0 Å². The quantitative estimate of drug-likeness (QED) is 0.612. The average molecular weight is 440 g/mol. The summed E-state index contributed by atoms with van der Waals surface area (Å²) in [5.41, 5.74) is 1.26.